The first-order valence-corrected chi connectivity index (χ1v) is 9.42. The van der Waals surface area contributed by atoms with Crippen LogP contribution >= 0.6 is 0 Å². The fourth-order valence-corrected chi connectivity index (χ4v) is 3.89. The molecule has 6 heteroatoms. The van der Waals surface area contributed by atoms with Gasteiger partial charge in [0.25, 0.3) is 0 Å². The SMILES string of the molecule is CC(=O)NC(C(=O)N1CCCC1CN)C(C)OCC1CCCCC1. The highest BCUT2D eigenvalue weighted by Crippen LogP contribution is 2.25. The van der Waals surface area contributed by atoms with Gasteiger partial charge in [-0.2, -0.15) is 0 Å². The van der Waals surface area contributed by atoms with Crippen molar-refractivity contribution in [3.05, 3.63) is 0 Å². The van der Waals surface area contributed by atoms with Crippen molar-refractivity contribution in [2.45, 2.75) is 77.0 Å². The van der Waals surface area contributed by atoms with E-state index in [2.05, 4.69) is 5.32 Å². The zero-order chi connectivity index (χ0) is 17.5. The Bertz CT molecular complexity index is 424. The number of hydrogen-bond acceptors (Lipinski definition) is 4. The van der Waals surface area contributed by atoms with Gasteiger partial charge in [-0.1, -0.05) is 19.3 Å². The molecule has 2 rings (SSSR count). The van der Waals surface area contributed by atoms with E-state index < -0.39 is 6.04 Å². The second-order valence-corrected chi connectivity index (χ2v) is 7.28. The molecule has 2 fully saturated rings. The van der Waals surface area contributed by atoms with Crippen LogP contribution in [-0.2, 0) is 14.3 Å². The van der Waals surface area contributed by atoms with Gasteiger partial charge in [0.1, 0.15) is 6.04 Å². The third-order valence-electron chi connectivity index (χ3n) is 5.35. The quantitative estimate of drug-likeness (QED) is 0.735. The molecular weight excluding hydrogens is 306 g/mol. The third-order valence-corrected chi connectivity index (χ3v) is 5.35. The predicted octanol–water partition coefficient (Wildman–Crippen LogP) is 1.43. The van der Waals surface area contributed by atoms with Gasteiger partial charge in [-0.05, 0) is 38.5 Å². The minimum atomic E-state index is -0.627. The normalized spacial score (nSPS) is 24.6. The second kappa shape index (κ2) is 9.37. The molecule has 138 valence electrons. The summed E-state index contributed by atoms with van der Waals surface area (Å²) >= 11 is 0. The number of carbonyl (C=O) groups excluding carboxylic acids is 2. The Balaban J connectivity index is 1.95. The largest absolute Gasteiger partial charge is 0.376 e. The van der Waals surface area contributed by atoms with Crippen molar-refractivity contribution in [2.24, 2.45) is 11.7 Å². The fourth-order valence-electron chi connectivity index (χ4n) is 3.89. The van der Waals surface area contributed by atoms with Crippen molar-refractivity contribution in [2.75, 3.05) is 19.7 Å². The molecule has 1 aliphatic heterocycles. The Labute approximate surface area is 145 Å². The Morgan fingerprint density at radius 2 is 1.92 bits per heavy atom. The molecule has 0 aromatic heterocycles. The van der Waals surface area contributed by atoms with E-state index in [-0.39, 0.29) is 24.0 Å². The van der Waals surface area contributed by atoms with E-state index in [0.29, 0.717) is 25.6 Å². The average Bonchev–Trinajstić information content (AvgIpc) is 3.06. The Kier molecular flexibility index (Phi) is 7.49. The van der Waals surface area contributed by atoms with Crippen molar-refractivity contribution >= 4 is 11.8 Å². The van der Waals surface area contributed by atoms with Crippen LogP contribution in [0.15, 0.2) is 0 Å². The average molecular weight is 339 g/mol. The van der Waals surface area contributed by atoms with Crippen LogP contribution in [0.2, 0.25) is 0 Å². The molecule has 0 aromatic rings. The van der Waals surface area contributed by atoms with E-state index in [1.165, 1.54) is 39.0 Å². The summed E-state index contributed by atoms with van der Waals surface area (Å²) in [5, 5.41) is 2.79. The first kappa shape index (κ1) is 19.2. The molecule has 0 aromatic carbocycles. The molecule has 3 unspecified atom stereocenters. The highest BCUT2D eigenvalue weighted by atomic mass is 16.5. The summed E-state index contributed by atoms with van der Waals surface area (Å²) in [6.07, 6.45) is 7.82. The number of rotatable bonds is 7. The highest BCUT2D eigenvalue weighted by Gasteiger charge is 2.36. The summed E-state index contributed by atoms with van der Waals surface area (Å²) in [6, 6.07) is -0.544. The van der Waals surface area contributed by atoms with Gasteiger partial charge in [-0.3, -0.25) is 9.59 Å². The molecular formula is C18H33N3O3. The van der Waals surface area contributed by atoms with Crippen LogP contribution in [-0.4, -0.2) is 54.6 Å². The Morgan fingerprint density at radius 1 is 1.21 bits per heavy atom. The number of carbonyl (C=O) groups is 2. The van der Waals surface area contributed by atoms with Crippen LogP contribution in [0.3, 0.4) is 0 Å². The predicted molar refractivity (Wildman–Crippen MR) is 93.4 cm³/mol. The number of amides is 2. The molecule has 24 heavy (non-hydrogen) atoms. The highest BCUT2D eigenvalue weighted by molar-refractivity contribution is 5.87. The van der Waals surface area contributed by atoms with Gasteiger partial charge in [0, 0.05) is 32.7 Å². The van der Waals surface area contributed by atoms with Gasteiger partial charge in [0.15, 0.2) is 0 Å². The third kappa shape index (κ3) is 5.18. The lowest BCUT2D eigenvalue weighted by Crippen LogP contribution is -2.56. The summed E-state index contributed by atoms with van der Waals surface area (Å²) in [4.78, 5) is 26.3. The van der Waals surface area contributed by atoms with Gasteiger partial charge >= 0.3 is 0 Å². The molecule has 6 nitrogen and oxygen atoms in total. The molecule has 2 amide bonds. The maximum Gasteiger partial charge on any atom is 0.248 e. The summed E-state index contributed by atoms with van der Waals surface area (Å²) in [6.45, 7) is 5.18. The Morgan fingerprint density at radius 3 is 2.54 bits per heavy atom. The Hall–Kier alpha value is -1.14. The van der Waals surface area contributed by atoms with Crippen LogP contribution in [0, 0.1) is 5.92 Å². The van der Waals surface area contributed by atoms with Crippen molar-refractivity contribution < 1.29 is 14.3 Å². The van der Waals surface area contributed by atoms with Crippen molar-refractivity contribution in [3.8, 4) is 0 Å². The standard InChI is InChI=1S/C18H33N3O3/c1-13(24-12-15-7-4-3-5-8-15)17(20-14(2)22)18(23)21-10-6-9-16(21)11-19/h13,15-17H,3-12,19H2,1-2H3,(H,20,22). The van der Waals surface area contributed by atoms with E-state index in [1.54, 1.807) is 0 Å². The molecule has 1 saturated heterocycles. The van der Waals surface area contributed by atoms with E-state index in [0.717, 1.165) is 12.8 Å². The minimum absolute atomic E-state index is 0.0608. The summed E-state index contributed by atoms with van der Waals surface area (Å²) < 4.78 is 6.00. The first-order valence-electron chi connectivity index (χ1n) is 9.42. The van der Waals surface area contributed by atoms with E-state index in [9.17, 15) is 9.59 Å². The number of likely N-dealkylation sites (tertiary alicyclic amines) is 1. The van der Waals surface area contributed by atoms with Crippen molar-refractivity contribution in [1.29, 1.82) is 0 Å². The van der Waals surface area contributed by atoms with Gasteiger partial charge in [0.05, 0.1) is 6.10 Å². The molecule has 1 saturated carbocycles. The molecule has 3 atom stereocenters. The first-order chi connectivity index (χ1) is 11.5. The van der Waals surface area contributed by atoms with Crippen molar-refractivity contribution in [3.63, 3.8) is 0 Å². The van der Waals surface area contributed by atoms with Gasteiger partial charge in [0.2, 0.25) is 11.8 Å². The molecule has 1 heterocycles. The fraction of sp³-hybridized carbons (Fsp3) is 0.889. The molecule has 0 spiro atoms. The molecule has 0 bridgehead atoms. The van der Waals surface area contributed by atoms with Crippen LogP contribution in [0.5, 0.6) is 0 Å². The van der Waals surface area contributed by atoms with E-state index in [4.69, 9.17) is 10.5 Å². The number of nitrogens with zero attached hydrogens (tertiary/aromatic N) is 1. The van der Waals surface area contributed by atoms with Crippen LogP contribution in [0.1, 0.15) is 58.8 Å². The van der Waals surface area contributed by atoms with Gasteiger partial charge in [-0.25, -0.2) is 0 Å². The van der Waals surface area contributed by atoms with Crippen molar-refractivity contribution in [1.82, 2.24) is 10.2 Å². The minimum Gasteiger partial charge on any atom is -0.376 e. The van der Waals surface area contributed by atoms with Crippen LogP contribution < -0.4 is 11.1 Å². The van der Waals surface area contributed by atoms with Gasteiger partial charge in [-0.15, -0.1) is 0 Å². The maximum absolute atomic E-state index is 12.9. The van der Waals surface area contributed by atoms with Crippen LogP contribution in [0.4, 0.5) is 0 Å². The molecule has 0 radical (unpaired) electrons. The monoisotopic (exact) mass is 339 g/mol. The summed E-state index contributed by atoms with van der Waals surface area (Å²) in [7, 11) is 0. The molecule has 1 aliphatic carbocycles. The lowest BCUT2D eigenvalue weighted by atomic mass is 9.90. The maximum atomic E-state index is 12.9. The number of nitrogens with two attached hydrogens (primary N) is 1. The summed E-state index contributed by atoms with van der Waals surface area (Å²) in [5.74, 6) is 0.317. The zero-order valence-electron chi connectivity index (χ0n) is 15.1. The lowest BCUT2D eigenvalue weighted by Gasteiger charge is -2.32. The lowest BCUT2D eigenvalue weighted by molar-refractivity contribution is -0.141. The number of ether oxygens (including phenoxy) is 1. The number of hydrogen-bond donors (Lipinski definition) is 2. The molecule has 2 aliphatic rings. The van der Waals surface area contributed by atoms with Crippen LogP contribution in [0.25, 0.3) is 0 Å². The zero-order valence-corrected chi connectivity index (χ0v) is 15.1. The van der Waals surface area contributed by atoms with Gasteiger partial charge < -0.3 is 20.7 Å². The van der Waals surface area contributed by atoms with E-state index >= 15 is 0 Å². The summed E-state index contributed by atoms with van der Waals surface area (Å²) in [5.41, 5.74) is 5.78. The second-order valence-electron chi connectivity index (χ2n) is 7.28. The molecule has 3 N–H and O–H groups in total. The van der Waals surface area contributed by atoms with E-state index in [1.807, 2.05) is 11.8 Å². The smallest absolute Gasteiger partial charge is 0.248 e. The number of nitrogens with one attached hydrogen (secondary N) is 1. The topological polar surface area (TPSA) is 84.7 Å².